The van der Waals surface area contributed by atoms with Gasteiger partial charge in [-0.15, -0.1) is 0 Å². The zero-order valence-corrected chi connectivity index (χ0v) is 12.4. The van der Waals surface area contributed by atoms with Crippen molar-refractivity contribution < 1.29 is 14.7 Å². The molecule has 0 aliphatic rings. The second-order valence-corrected chi connectivity index (χ2v) is 5.25. The lowest BCUT2D eigenvalue weighted by Gasteiger charge is -2.07. The van der Waals surface area contributed by atoms with Crippen molar-refractivity contribution in [2.24, 2.45) is 0 Å². The van der Waals surface area contributed by atoms with E-state index in [1.165, 1.54) is 0 Å². The minimum atomic E-state index is -0.797. The van der Waals surface area contributed by atoms with Gasteiger partial charge >= 0.3 is 5.97 Å². The number of carboxylic acids is 1. The van der Waals surface area contributed by atoms with E-state index in [0.717, 1.165) is 9.13 Å². The third-order valence-corrected chi connectivity index (χ3v) is 3.41. The average molecular weight is 361 g/mol. The number of amides is 1. The second kappa shape index (κ2) is 7.35. The molecule has 0 heterocycles. The summed E-state index contributed by atoms with van der Waals surface area (Å²) in [5.41, 5.74) is 1.72. The summed E-state index contributed by atoms with van der Waals surface area (Å²) in [7, 11) is 0. The third-order valence-electron chi connectivity index (χ3n) is 2.47. The van der Waals surface area contributed by atoms with Crippen LogP contribution in [0, 0.1) is 10.5 Å². The first-order valence-electron chi connectivity index (χ1n) is 5.77. The molecule has 0 unspecified atom stereocenters. The van der Waals surface area contributed by atoms with Gasteiger partial charge in [-0.25, -0.2) is 0 Å². The molecule has 1 amide bonds. The molecule has 1 aromatic rings. The van der Waals surface area contributed by atoms with Gasteiger partial charge in [-0.1, -0.05) is 11.6 Å². The molecule has 0 bridgehead atoms. The number of nitrogens with one attached hydrogen (secondary N) is 1. The number of hydrogen-bond donors (Lipinski definition) is 2. The predicted molar refractivity (Wildman–Crippen MR) is 77.7 cm³/mol. The fraction of sp³-hybridized carbons (Fsp3) is 0.385. The van der Waals surface area contributed by atoms with Crippen molar-refractivity contribution in [3.05, 3.63) is 32.9 Å². The van der Waals surface area contributed by atoms with Crippen molar-refractivity contribution in [3.8, 4) is 0 Å². The van der Waals surface area contributed by atoms with Crippen molar-refractivity contribution >= 4 is 34.5 Å². The summed E-state index contributed by atoms with van der Waals surface area (Å²) in [5, 5.41) is 11.3. The van der Waals surface area contributed by atoms with Gasteiger partial charge in [-0.2, -0.15) is 0 Å². The summed E-state index contributed by atoms with van der Waals surface area (Å²) < 4.78 is 0.918. The van der Waals surface area contributed by atoms with E-state index in [2.05, 4.69) is 27.9 Å². The first-order chi connectivity index (χ1) is 8.50. The molecular weight excluding hydrogens is 345 g/mol. The van der Waals surface area contributed by atoms with Crippen LogP contribution in [0.1, 0.15) is 35.2 Å². The molecular formula is C13H16INO3. The average Bonchev–Trinajstić information content (AvgIpc) is 2.31. The van der Waals surface area contributed by atoms with Gasteiger partial charge < -0.3 is 10.4 Å². The van der Waals surface area contributed by atoms with Crippen LogP contribution in [0.25, 0.3) is 0 Å². The van der Waals surface area contributed by atoms with Gasteiger partial charge in [0.25, 0.3) is 5.91 Å². The summed E-state index contributed by atoms with van der Waals surface area (Å²) >= 11 is 2.13. The van der Waals surface area contributed by atoms with E-state index in [0.29, 0.717) is 24.9 Å². The highest BCUT2D eigenvalue weighted by Gasteiger charge is 2.09. The van der Waals surface area contributed by atoms with Crippen LogP contribution in [0.3, 0.4) is 0 Å². The highest BCUT2D eigenvalue weighted by Crippen LogP contribution is 2.14. The van der Waals surface area contributed by atoms with Crippen molar-refractivity contribution in [1.29, 1.82) is 0 Å². The van der Waals surface area contributed by atoms with Crippen molar-refractivity contribution in [1.82, 2.24) is 5.32 Å². The van der Waals surface area contributed by atoms with E-state index in [1.807, 2.05) is 25.1 Å². The highest BCUT2D eigenvalue weighted by molar-refractivity contribution is 14.1. The molecule has 18 heavy (non-hydrogen) atoms. The molecule has 0 saturated heterocycles. The van der Waals surface area contributed by atoms with E-state index < -0.39 is 5.97 Å². The van der Waals surface area contributed by atoms with Crippen LogP contribution in [0.15, 0.2) is 18.2 Å². The molecule has 2 N–H and O–H groups in total. The monoisotopic (exact) mass is 361 g/mol. The molecule has 98 valence electrons. The van der Waals surface area contributed by atoms with Crippen LogP contribution in [0.4, 0.5) is 0 Å². The zero-order chi connectivity index (χ0) is 13.5. The van der Waals surface area contributed by atoms with Crippen LogP contribution in [-0.4, -0.2) is 23.5 Å². The van der Waals surface area contributed by atoms with E-state index in [9.17, 15) is 9.59 Å². The number of halogens is 1. The number of aryl methyl sites for hydroxylation is 1. The van der Waals surface area contributed by atoms with Crippen molar-refractivity contribution in [2.45, 2.75) is 26.2 Å². The molecule has 0 aliphatic heterocycles. The maximum Gasteiger partial charge on any atom is 0.303 e. The SMILES string of the molecule is Cc1ccc(I)c(C(=O)NCCCCC(=O)O)c1. The molecule has 0 spiro atoms. The Morgan fingerprint density at radius 3 is 2.72 bits per heavy atom. The van der Waals surface area contributed by atoms with Gasteiger partial charge in [0, 0.05) is 16.5 Å². The maximum absolute atomic E-state index is 11.9. The minimum absolute atomic E-state index is 0.0987. The smallest absolute Gasteiger partial charge is 0.303 e. The molecule has 4 nitrogen and oxygen atoms in total. The number of carbonyl (C=O) groups excluding carboxylic acids is 1. The topological polar surface area (TPSA) is 66.4 Å². The van der Waals surface area contributed by atoms with E-state index >= 15 is 0 Å². The first kappa shape index (κ1) is 14.9. The summed E-state index contributed by atoms with van der Waals surface area (Å²) in [5.74, 6) is -0.895. The Morgan fingerprint density at radius 2 is 2.06 bits per heavy atom. The number of carboxylic acid groups (broad SMARTS) is 1. The highest BCUT2D eigenvalue weighted by atomic mass is 127. The minimum Gasteiger partial charge on any atom is -0.481 e. The largest absolute Gasteiger partial charge is 0.481 e. The summed E-state index contributed by atoms with van der Waals surface area (Å²) in [6.45, 7) is 2.45. The van der Waals surface area contributed by atoms with Crippen LogP contribution < -0.4 is 5.32 Å². The van der Waals surface area contributed by atoms with Crippen LogP contribution in [0.2, 0.25) is 0 Å². The van der Waals surface area contributed by atoms with Crippen LogP contribution in [0.5, 0.6) is 0 Å². The Kier molecular flexibility index (Phi) is 6.11. The maximum atomic E-state index is 11.9. The summed E-state index contributed by atoms with van der Waals surface area (Å²) in [4.78, 5) is 22.2. The number of rotatable bonds is 6. The lowest BCUT2D eigenvalue weighted by Crippen LogP contribution is -2.25. The number of aliphatic carboxylic acids is 1. The molecule has 0 aliphatic carbocycles. The molecule has 1 aromatic carbocycles. The van der Waals surface area contributed by atoms with Gasteiger partial charge in [0.1, 0.15) is 0 Å². The Labute approximate surface area is 120 Å². The molecule has 5 heteroatoms. The Hall–Kier alpha value is -1.11. The van der Waals surface area contributed by atoms with Gasteiger partial charge in [-0.05, 0) is 54.5 Å². The molecule has 0 fully saturated rings. The third kappa shape index (κ3) is 5.03. The fourth-order valence-electron chi connectivity index (χ4n) is 1.51. The normalized spacial score (nSPS) is 10.1. The van der Waals surface area contributed by atoms with Crippen molar-refractivity contribution in [3.63, 3.8) is 0 Å². The second-order valence-electron chi connectivity index (χ2n) is 4.09. The van der Waals surface area contributed by atoms with Crippen LogP contribution >= 0.6 is 22.6 Å². The number of carbonyl (C=O) groups is 2. The zero-order valence-electron chi connectivity index (χ0n) is 10.2. The molecule has 0 atom stereocenters. The fourth-order valence-corrected chi connectivity index (χ4v) is 2.09. The lowest BCUT2D eigenvalue weighted by molar-refractivity contribution is -0.137. The number of hydrogen-bond acceptors (Lipinski definition) is 2. The number of unbranched alkanes of at least 4 members (excludes halogenated alkanes) is 1. The first-order valence-corrected chi connectivity index (χ1v) is 6.84. The molecule has 0 saturated carbocycles. The van der Waals surface area contributed by atoms with Crippen LogP contribution in [-0.2, 0) is 4.79 Å². The predicted octanol–water partition coefficient (Wildman–Crippen LogP) is 2.58. The lowest BCUT2D eigenvalue weighted by atomic mass is 10.1. The van der Waals surface area contributed by atoms with E-state index in [1.54, 1.807) is 0 Å². The summed E-state index contributed by atoms with van der Waals surface area (Å²) in [6.07, 6.45) is 1.42. The number of benzene rings is 1. The quantitative estimate of drug-likeness (QED) is 0.605. The molecule has 1 rings (SSSR count). The summed E-state index contributed by atoms with van der Waals surface area (Å²) in [6, 6.07) is 5.73. The van der Waals surface area contributed by atoms with Gasteiger partial charge in [0.2, 0.25) is 0 Å². The molecule has 0 aromatic heterocycles. The van der Waals surface area contributed by atoms with Gasteiger partial charge in [-0.3, -0.25) is 9.59 Å². The van der Waals surface area contributed by atoms with Gasteiger partial charge in [0.05, 0.1) is 5.56 Å². The van der Waals surface area contributed by atoms with Crippen molar-refractivity contribution in [2.75, 3.05) is 6.54 Å². The Balaban J connectivity index is 2.41. The van der Waals surface area contributed by atoms with E-state index in [4.69, 9.17) is 5.11 Å². The Bertz CT molecular complexity index is 446. The Morgan fingerprint density at radius 1 is 1.33 bits per heavy atom. The van der Waals surface area contributed by atoms with Gasteiger partial charge in [0.15, 0.2) is 0 Å². The standard InChI is InChI=1S/C13H16INO3/c1-9-5-6-11(14)10(8-9)13(18)15-7-3-2-4-12(16)17/h5-6,8H,2-4,7H2,1H3,(H,15,18)(H,16,17). The van der Waals surface area contributed by atoms with E-state index in [-0.39, 0.29) is 12.3 Å². The molecule has 0 radical (unpaired) electrons.